The maximum atomic E-state index is 3.59. The minimum Gasteiger partial charge on any atom is -0.309 e. The lowest BCUT2D eigenvalue weighted by molar-refractivity contribution is 0.309. The van der Waals surface area contributed by atoms with E-state index < -0.39 is 0 Å². The molecule has 96 valence electrons. The normalized spacial score (nSPS) is 13.1. The SMILES string of the molecule is CCN(C)CC(C)NCc1cc(C)ccc1C. The van der Waals surface area contributed by atoms with Gasteiger partial charge in [0.2, 0.25) is 0 Å². The van der Waals surface area contributed by atoms with Crippen LogP contribution in [-0.4, -0.2) is 31.1 Å². The lowest BCUT2D eigenvalue weighted by atomic mass is 10.1. The highest BCUT2D eigenvalue weighted by molar-refractivity contribution is 5.30. The number of benzene rings is 1. The monoisotopic (exact) mass is 234 g/mol. The fraction of sp³-hybridized carbons (Fsp3) is 0.600. The van der Waals surface area contributed by atoms with Gasteiger partial charge in [-0.25, -0.2) is 0 Å². The van der Waals surface area contributed by atoms with E-state index in [1.165, 1.54) is 16.7 Å². The van der Waals surface area contributed by atoms with E-state index in [4.69, 9.17) is 0 Å². The second-order valence-electron chi connectivity index (χ2n) is 5.07. The molecule has 0 heterocycles. The summed E-state index contributed by atoms with van der Waals surface area (Å²) in [5.74, 6) is 0. The molecule has 1 atom stereocenters. The Morgan fingerprint density at radius 2 is 2.00 bits per heavy atom. The average molecular weight is 234 g/mol. The quantitative estimate of drug-likeness (QED) is 0.814. The van der Waals surface area contributed by atoms with Crippen molar-refractivity contribution in [3.8, 4) is 0 Å². The summed E-state index contributed by atoms with van der Waals surface area (Å²) in [7, 11) is 2.16. The van der Waals surface area contributed by atoms with Gasteiger partial charge < -0.3 is 10.2 Å². The number of aryl methyl sites for hydroxylation is 2. The molecule has 0 amide bonds. The molecule has 0 saturated heterocycles. The molecule has 0 radical (unpaired) electrons. The summed E-state index contributed by atoms with van der Waals surface area (Å²) in [6.45, 7) is 11.9. The molecule has 0 aromatic heterocycles. The van der Waals surface area contributed by atoms with Crippen LogP contribution in [0.3, 0.4) is 0 Å². The van der Waals surface area contributed by atoms with Crippen molar-refractivity contribution >= 4 is 0 Å². The van der Waals surface area contributed by atoms with E-state index in [9.17, 15) is 0 Å². The molecular weight excluding hydrogens is 208 g/mol. The highest BCUT2D eigenvalue weighted by atomic mass is 15.1. The molecule has 0 spiro atoms. The zero-order valence-corrected chi connectivity index (χ0v) is 11.9. The second kappa shape index (κ2) is 6.77. The van der Waals surface area contributed by atoms with E-state index >= 15 is 0 Å². The predicted molar refractivity (Wildman–Crippen MR) is 75.4 cm³/mol. The van der Waals surface area contributed by atoms with Crippen LogP contribution >= 0.6 is 0 Å². The van der Waals surface area contributed by atoms with Crippen LogP contribution in [-0.2, 0) is 6.54 Å². The average Bonchev–Trinajstić information content (AvgIpc) is 2.30. The van der Waals surface area contributed by atoms with Gasteiger partial charge >= 0.3 is 0 Å². The van der Waals surface area contributed by atoms with Crippen LogP contribution in [0.1, 0.15) is 30.5 Å². The lowest BCUT2D eigenvalue weighted by Gasteiger charge is -2.21. The van der Waals surface area contributed by atoms with Gasteiger partial charge in [-0.2, -0.15) is 0 Å². The van der Waals surface area contributed by atoms with Crippen molar-refractivity contribution in [2.24, 2.45) is 0 Å². The highest BCUT2D eigenvalue weighted by Gasteiger charge is 2.05. The molecule has 1 rings (SSSR count). The van der Waals surface area contributed by atoms with Crippen molar-refractivity contribution in [3.63, 3.8) is 0 Å². The number of rotatable bonds is 6. The third-order valence-corrected chi connectivity index (χ3v) is 3.27. The first-order valence-corrected chi connectivity index (χ1v) is 6.51. The standard InChI is InChI=1S/C15H26N2/c1-6-17(5)11-14(4)16-10-15-9-12(2)7-8-13(15)3/h7-9,14,16H,6,10-11H2,1-5H3. The third kappa shape index (κ3) is 4.88. The Morgan fingerprint density at radius 1 is 1.29 bits per heavy atom. The maximum absolute atomic E-state index is 3.59. The van der Waals surface area contributed by atoms with Crippen molar-refractivity contribution in [2.45, 2.75) is 40.3 Å². The minimum atomic E-state index is 0.528. The summed E-state index contributed by atoms with van der Waals surface area (Å²) in [6.07, 6.45) is 0. The minimum absolute atomic E-state index is 0.528. The number of hydrogen-bond donors (Lipinski definition) is 1. The summed E-state index contributed by atoms with van der Waals surface area (Å²) in [5, 5.41) is 3.59. The first-order valence-electron chi connectivity index (χ1n) is 6.51. The summed E-state index contributed by atoms with van der Waals surface area (Å²) in [6, 6.07) is 7.18. The van der Waals surface area contributed by atoms with E-state index in [1.54, 1.807) is 0 Å². The summed E-state index contributed by atoms with van der Waals surface area (Å²) in [5.41, 5.74) is 4.13. The van der Waals surface area contributed by atoms with Crippen molar-refractivity contribution in [3.05, 3.63) is 34.9 Å². The molecule has 0 aliphatic carbocycles. The second-order valence-corrected chi connectivity index (χ2v) is 5.07. The Hall–Kier alpha value is -0.860. The Bertz CT molecular complexity index is 347. The number of nitrogens with zero attached hydrogens (tertiary/aromatic N) is 1. The van der Waals surface area contributed by atoms with E-state index in [0.29, 0.717) is 6.04 Å². The zero-order valence-electron chi connectivity index (χ0n) is 11.9. The Balaban J connectivity index is 2.47. The number of hydrogen-bond acceptors (Lipinski definition) is 2. The van der Waals surface area contributed by atoms with Gasteiger partial charge in [0.25, 0.3) is 0 Å². The van der Waals surface area contributed by atoms with Crippen molar-refractivity contribution in [1.29, 1.82) is 0 Å². The van der Waals surface area contributed by atoms with Crippen molar-refractivity contribution in [2.75, 3.05) is 20.1 Å². The molecule has 1 N–H and O–H groups in total. The first-order chi connectivity index (χ1) is 8.02. The van der Waals surface area contributed by atoms with Crippen LogP contribution in [0.5, 0.6) is 0 Å². The highest BCUT2D eigenvalue weighted by Crippen LogP contribution is 2.10. The van der Waals surface area contributed by atoms with Gasteiger partial charge in [-0.1, -0.05) is 30.7 Å². The van der Waals surface area contributed by atoms with Gasteiger partial charge in [0, 0.05) is 19.1 Å². The molecule has 0 fully saturated rings. The topological polar surface area (TPSA) is 15.3 Å². The fourth-order valence-corrected chi connectivity index (χ4v) is 1.94. The van der Waals surface area contributed by atoms with Crippen LogP contribution in [0.4, 0.5) is 0 Å². The Labute approximate surface area is 106 Å². The van der Waals surface area contributed by atoms with Gasteiger partial charge in [-0.3, -0.25) is 0 Å². The van der Waals surface area contributed by atoms with Gasteiger partial charge in [0.05, 0.1) is 0 Å². The smallest absolute Gasteiger partial charge is 0.0211 e. The van der Waals surface area contributed by atoms with Crippen LogP contribution in [0.15, 0.2) is 18.2 Å². The zero-order chi connectivity index (χ0) is 12.8. The van der Waals surface area contributed by atoms with E-state index in [1.807, 2.05) is 0 Å². The molecule has 1 unspecified atom stereocenters. The van der Waals surface area contributed by atoms with E-state index in [-0.39, 0.29) is 0 Å². The molecule has 2 nitrogen and oxygen atoms in total. The maximum Gasteiger partial charge on any atom is 0.0211 e. The van der Waals surface area contributed by atoms with Crippen LogP contribution in [0.25, 0.3) is 0 Å². The van der Waals surface area contributed by atoms with Crippen LogP contribution < -0.4 is 5.32 Å². The summed E-state index contributed by atoms with van der Waals surface area (Å²) in [4.78, 5) is 2.33. The van der Waals surface area contributed by atoms with Crippen LogP contribution in [0, 0.1) is 13.8 Å². The molecular formula is C15H26N2. The van der Waals surface area contributed by atoms with Gasteiger partial charge in [-0.05, 0) is 45.5 Å². The van der Waals surface area contributed by atoms with Crippen molar-refractivity contribution in [1.82, 2.24) is 10.2 Å². The van der Waals surface area contributed by atoms with Crippen molar-refractivity contribution < 1.29 is 0 Å². The van der Waals surface area contributed by atoms with Gasteiger partial charge in [0.1, 0.15) is 0 Å². The third-order valence-electron chi connectivity index (χ3n) is 3.27. The molecule has 17 heavy (non-hydrogen) atoms. The van der Waals surface area contributed by atoms with Crippen LogP contribution in [0.2, 0.25) is 0 Å². The molecule has 0 aliphatic heterocycles. The Morgan fingerprint density at radius 3 is 2.65 bits per heavy atom. The van der Waals surface area contributed by atoms with E-state index in [2.05, 4.69) is 63.2 Å². The Kier molecular flexibility index (Phi) is 5.66. The molecule has 2 heteroatoms. The largest absolute Gasteiger partial charge is 0.309 e. The van der Waals surface area contributed by atoms with E-state index in [0.717, 1.165) is 19.6 Å². The first kappa shape index (κ1) is 14.2. The summed E-state index contributed by atoms with van der Waals surface area (Å²) >= 11 is 0. The van der Waals surface area contributed by atoms with Gasteiger partial charge in [-0.15, -0.1) is 0 Å². The molecule has 1 aromatic rings. The molecule has 1 aromatic carbocycles. The molecule has 0 bridgehead atoms. The summed E-state index contributed by atoms with van der Waals surface area (Å²) < 4.78 is 0. The number of likely N-dealkylation sites (N-methyl/N-ethyl adjacent to an activating group) is 1. The number of nitrogens with one attached hydrogen (secondary N) is 1. The molecule has 0 saturated carbocycles. The lowest BCUT2D eigenvalue weighted by Crippen LogP contribution is -2.37. The molecule has 0 aliphatic rings. The van der Waals surface area contributed by atoms with Gasteiger partial charge in [0.15, 0.2) is 0 Å². The fourth-order valence-electron chi connectivity index (χ4n) is 1.94. The predicted octanol–water partition coefficient (Wildman–Crippen LogP) is 2.73.